The Morgan fingerprint density at radius 3 is 2.40 bits per heavy atom. The quantitative estimate of drug-likeness (QED) is 0.821. The van der Waals surface area contributed by atoms with Gasteiger partial charge in [0.1, 0.15) is 0 Å². The van der Waals surface area contributed by atoms with Gasteiger partial charge in [0, 0.05) is 11.0 Å². The maximum Gasteiger partial charge on any atom is 0.166 e. The van der Waals surface area contributed by atoms with Crippen LogP contribution in [0.5, 0.6) is 0 Å². The van der Waals surface area contributed by atoms with Crippen molar-refractivity contribution < 1.29 is 4.79 Å². The molecule has 0 N–H and O–H groups in total. The molecule has 0 bridgehead atoms. The van der Waals surface area contributed by atoms with Crippen molar-refractivity contribution in [2.45, 2.75) is 25.9 Å². The van der Waals surface area contributed by atoms with Crippen LogP contribution in [0.15, 0.2) is 28.7 Å². The number of ketones is 1. The lowest BCUT2D eigenvalue weighted by Crippen LogP contribution is -2.63. The average Bonchev–Trinajstić information content (AvgIpc) is 2.21. The molecule has 0 radical (unpaired) electrons. The number of likely N-dealkylation sites (tertiary alicyclic amines) is 1. The maximum atomic E-state index is 11.4. The van der Waals surface area contributed by atoms with Crippen molar-refractivity contribution in [3.8, 4) is 0 Å². The lowest BCUT2D eigenvalue weighted by atomic mass is 9.87. The van der Waals surface area contributed by atoms with Gasteiger partial charge < -0.3 is 0 Å². The highest BCUT2D eigenvalue weighted by atomic mass is 79.9. The molecule has 15 heavy (non-hydrogen) atoms. The Morgan fingerprint density at radius 1 is 1.33 bits per heavy atom. The van der Waals surface area contributed by atoms with E-state index in [0.29, 0.717) is 12.3 Å². The lowest BCUT2D eigenvalue weighted by molar-refractivity contribution is -0.145. The minimum Gasteiger partial charge on any atom is -0.296 e. The van der Waals surface area contributed by atoms with Gasteiger partial charge in [-0.25, -0.2) is 0 Å². The fraction of sp³-hybridized carbons (Fsp3) is 0.417. The lowest BCUT2D eigenvalue weighted by Gasteiger charge is -2.46. The molecule has 1 saturated heterocycles. The smallest absolute Gasteiger partial charge is 0.166 e. The molecule has 0 aromatic heterocycles. The van der Waals surface area contributed by atoms with Crippen molar-refractivity contribution in [2.24, 2.45) is 0 Å². The number of hydrogen-bond donors (Lipinski definition) is 0. The van der Waals surface area contributed by atoms with E-state index in [4.69, 9.17) is 0 Å². The van der Waals surface area contributed by atoms with Gasteiger partial charge in [0.25, 0.3) is 0 Å². The summed E-state index contributed by atoms with van der Waals surface area (Å²) in [4.78, 5) is 13.6. The summed E-state index contributed by atoms with van der Waals surface area (Å²) in [6.07, 6.45) is 0. The average molecular weight is 268 g/mol. The number of halogens is 1. The number of carbonyl (C=O) groups is 1. The van der Waals surface area contributed by atoms with Crippen molar-refractivity contribution in [3.05, 3.63) is 34.3 Å². The molecule has 1 aromatic carbocycles. The molecular formula is C12H14BrNO. The number of benzene rings is 1. The third kappa shape index (κ3) is 1.99. The Balaban J connectivity index is 2.05. The van der Waals surface area contributed by atoms with E-state index in [1.165, 1.54) is 5.56 Å². The third-order valence-electron chi connectivity index (χ3n) is 3.09. The Labute approximate surface area is 98.4 Å². The van der Waals surface area contributed by atoms with Crippen LogP contribution in [0.4, 0.5) is 0 Å². The molecule has 1 heterocycles. The van der Waals surface area contributed by atoms with Gasteiger partial charge in [-0.15, -0.1) is 0 Å². The van der Waals surface area contributed by atoms with Crippen LogP contribution in [0.3, 0.4) is 0 Å². The summed E-state index contributed by atoms with van der Waals surface area (Å²) in [5.41, 5.74) is 0.978. The van der Waals surface area contributed by atoms with Crippen LogP contribution in [0, 0.1) is 0 Å². The van der Waals surface area contributed by atoms with Crippen LogP contribution < -0.4 is 0 Å². The minimum atomic E-state index is -0.271. The summed E-state index contributed by atoms with van der Waals surface area (Å²) in [5, 5.41) is 0. The topological polar surface area (TPSA) is 20.3 Å². The summed E-state index contributed by atoms with van der Waals surface area (Å²) >= 11 is 3.41. The molecule has 1 fully saturated rings. The molecule has 0 saturated carbocycles. The zero-order valence-corrected chi connectivity index (χ0v) is 10.5. The zero-order valence-electron chi connectivity index (χ0n) is 8.96. The first-order chi connectivity index (χ1) is 7.00. The largest absolute Gasteiger partial charge is 0.296 e. The fourth-order valence-corrected chi connectivity index (χ4v) is 1.98. The standard InChI is InChI=1S/C12H14BrNO/c1-12(2)11(15)8-14(12)7-9-3-5-10(13)6-4-9/h3-6H,7-8H2,1-2H3. The van der Waals surface area contributed by atoms with Gasteiger partial charge in [0.05, 0.1) is 12.1 Å². The highest BCUT2D eigenvalue weighted by molar-refractivity contribution is 9.10. The van der Waals surface area contributed by atoms with Gasteiger partial charge in [0.15, 0.2) is 5.78 Å². The van der Waals surface area contributed by atoms with E-state index in [1.807, 2.05) is 26.0 Å². The number of hydrogen-bond acceptors (Lipinski definition) is 2. The first-order valence-corrected chi connectivity index (χ1v) is 5.82. The predicted molar refractivity (Wildman–Crippen MR) is 63.6 cm³/mol. The molecule has 0 aliphatic carbocycles. The van der Waals surface area contributed by atoms with E-state index in [9.17, 15) is 4.79 Å². The Morgan fingerprint density at radius 2 is 1.93 bits per heavy atom. The van der Waals surface area contributed by atoms with Crippen molar-refractivity contribution in [1.29, 1.82) is 0 Å². The van der Waals surface area contributed by atoms with Gasteiger partial charge in [-0.2, -0.15) is 0 Å². The Bertz CT molecular complexity index is 383. The van der Waals surface area contributed by atoms with Crippen molar-refractivity contribution >= 4 is 21.7 Å². The van der Waals surface area contributed by atoms with Gasteiger partial charge in [-0.3, -0.25) is 9.69 Å². The molecule has 1 aliphatic rings. The molecule has 80 valence electrons. The molecule has 1 aliphatic heterocycles. The molecule has 3 heteroatoms. The monoisotopic (exact) mass is 267 g/mol. The second-order valence-electron chi connectivity index (χ2n) is 4.46. The molecule has 0 unspecified atom stereocenters. The van der Waals surface area contributed by atoms with Crippen LogP contribution in [0.25, 0.3) is 0 Å². The van der Waals surface area contributed by atoms with Crippen molar-refractivity contribution in [3.63, 3.8) is 0 Å². The van der Waals surface area contributed by atoms with Crippen LogP contribution in [0.1, 0.15) is 19.4 Å². The molecule has 0 amide bonds. The Kier molecular flexibility index (Phi) is 2.69. The van der Waals surface area contributed by atoms with E-state index >= 15 is 0 Å². The van der Waals surface area contributed by atoms with Crippen molar-refractivity contribution in [2.75, 3.05) is 6.54 Å². The summed E-state index contributed by atoms with van der Waals surface area (Å²) in [6, 6.07) is 8.24. The third-order valence-corrected chi connectivity index (χ3v) is 3.62. The van der Waals surface area contributed by atoms with Crippen LogP contribution in [0.2, 0.25) is 0 Å². The summed E-state index contributed by atoms with van der Waals surface area (Å²) in [5.74, 6) is 0.333. The van der Waals surface area contributed by atoms with Gasteiger partial charge in [0.2, 0.25) is 0 Å². The maximum absolute atomic E-state index is 11.4. The SMILES string of the molecule is CC1(C)C(=O)CN1Cc1ccc(Br)cc1. The summed E-state index contributed by atoms with van der Waals surface area (Å²) in [7, 11) is 0. The molecule has 0 atom stereocenters. The van der Waals surface area contributed by atoms with Crippen LogP contribution in [-0.2, 0) is 11.3 Å². The van der Waals surface area contributed by atoms with E-state index in [2.05, 4.69) is 33.0 Å². The molecule has 0 spiro atoms. The molecule has 1 aromatic rings. The van der Waals surface area contributed by atoms with E-state index < -0.39 is 0 Å². The molecular weight excluding hydrogens is 254 g/mol. The van der Waals surface area contributed by atoms with E-state index in [1.54, 1.807) is 0 Å². The predicted octanol–water partition coefficient (Wildman–Crippen LogP) is 2.61. The molecule has 2 nitrogen and oxygen atoms in total. The van der Waals surface area contributed by atoms with Gasteiger partial charge in [-0.05, 0) is 31.5 Å². The van der Waals surface area contributed by atoms with E-state index in [-0.39, 0.29) is 5.54 Å². The zero-order chi connectivity index (χ0) is 11.1. The van der Waals surface area contributed by atoms with Crippen LogP contribution >= 0.6 is 15.9 Å². The molecule has 2 rings (SSSR count). The summed E-state index contributed by atoms with van der Waals surface area (Å²) in [6.45, 7) is 5.41. The van der Waals surface area contributed by atoms with Gasteiger partial charge in [-0.1, -0.05) is 28.1 Å². The highest BCUT2D eigenvalue weighted by Gasteiger charge is 2.44. The number of rotatable bonds is 2. The minimum absolute atomic E-state index is 0.271. The van der Waals surface area contributed by atoms with Gasteiger partial charge >= 0.3 is 0 Å². The first-order valence-electron chi connectivity index (χ1n) is 5.03. The van der Waals surface area contributed by atoms with Crippen molar-refractivity contribution in [1.82, 2.24) is 4.90 Å². The second kappa shape index (κ2) is 3.72. The Hall–Kier alpha value is -0.670. The number of Topliss-reactive ketones (excluding diaryl/α,β-unsaturated/α-hetero) is 1. The number of carbonyl (C=O) groups excluding carboxylic acids is 1. The normalized spacial score (nSPS) is 20.1. The fourth-order valence-electron chi connectivity index (χ4n) is 1.71. The first kappa shape index (κ1) is 10.8. The number of nitrogens with zero attached hydrogens (tertiary/aromatic N) is 1. The highest BCUT2D eigenvalue weighted by Crippen LogP contribution is 2.28. The van der Waals surface area contributed by atoms with E-state index in [0.717, 1.165) is 11.0 Å². The van der Waals surface area contributed by atoms with Crippen LogP contribution in [-0.4, -0.2) is 22.8 Å². The summed E-state index contributed by atoms with van der Waals surface area (Å²) < 4.78 is 1.09. The second-order valence-corrected chi connectivity index (χ2v) is 5.38.